The van der Waals surface area contributed by atoms with E-state index < -0.39 is 0 Å². The summed E-state index contributed by atoms with van der Waals surface area (Å²) < 4.78 is 0. The number of rotatable bonds is 6. The molecule has 0 atom stereocenters. The summed E-state index contributed by atoms with van der Waals surface area (Å²) in [5.41, 5.74) is 2.43. The van der Waals surface area contributed by atoms with E-state index in [0.717, 1.165) is 17.7 Å². The van der Waals surface area contributed by atoms with Gasteiger partial charge in [-0.05, 0) is 37.2 Å². The van der Waals surface area contributed by atoms with Crippen LogP contribution < -0.4 is 5.32 Å². The molecule has 0 amide bonds. The molecule has 2 rings (SSSR count). The van der Waals surface area contributed by atoms with Crippen molar-refractivity contribution in [2.75, 3.05) is 6.54 Å². The largest absolute Gasteiger partial charge is 0.312 e. The van der Waals surface area contributed by atoms with Crippen LogP contribution in [-0.4, -0.2) is 11.5 Å². The van der Waals surface area contributed by atoms with Gasteiger partial charge in [-0.25, -0.2) is 0 Å². The van der Waals surface area contributed by atoms with Crippen molar-refractivity contribution < 1.29 is 4.92 Å². The molecule has 1 aliphatic carbocycles. The maximum Gasteiger partial charge on any atom is 0.272 e. The smallest absolute Gasteiger partial charge is 0.272 e. The molecule has 0 saturated heterocycles. The first-order valence-electron chi connectivity index (χ1n) is 6.51. The van der Waals surface area contributed by atoms with Crippen LogP contribution in [0.4, 0.5) is 5.69 Å². The predicted molar refractivity (Wildman–Crippen MR) is 71.5 cm³/mol. The number of nitrogens with one attached hydrogen (secondary N) is 1. The van der Waals surface area contributed by atoms with Gasteiger partial charge in [0.25, 0.3) is 5.69 Å². The molecule has 1 fully saturated rings. The Morgan fingerprint density at radius 1 is 1.44 bits per heavy atom. The number of hydrogen-bond acceptors (Lipinski definition) is 3. The van der Waals surface area contributed by atoms with Gasteiger partial charge in [0, 0.05) is 24.7 Å². The Morgan fingerprint density at radius 3 is 2.72 bits per heavy atom. The van der Waals surface area contributed by atoms with E-state index in [0.29, 0.717) is 12.0 Å². The lowest BCUT2D eigenvalue weighted by atomic mass is 10.0. The van der Waals surface area contributed by atoms with Crippen LogP contribution in [0.2, 0.25) is 0 Å². The zero-order chi connectivity index (χ0) is 13.2. The Hall–Kier alpha value is -1.42. The highest BCUT2D eigenvalue weighted by Gasteiger charge is 2.39. The predicted octanol–water partition coefficient (Wildman–Crippen LogP) is 3.18. The number of hydrogen-bond donors (Lipinski definition) is 1. The molecule has 98 valence electrons. The number of nitro groups is 1. The lowest BCUT2D eigenvalue weighted by Gasteiger charge is -2.13. The van der Waals surface area contributed by atoms with Gasteiger partial charge in [0.2, 0.25) is 0 Å². The molecule has 0 unspecified atom stereocenters. The molecule has 0 bridgehead atoms. The van der Waals surface area contributed by atoms with Crippen LogP contribution in [0.5, 0.6) is 0 Å². The molecular formula is C14H20N2O2. The second kappa shape index (κ2) is 5.06. The highest BCUT2D eigenvalue weighted by atomic mass is 16.6. The minimum absolute atomic E-state index is 0.214. The van der Waals surface area contributed by atoms with Gasteiger partial charge >= 0.3 is 0 Å². The molecule has 1 aromatic rings. The first kappa shape index (κ1) is 13.0. The van der Waals surface area contributed by atoms with E-state index in [4.69, 9.17) is 0 Å². The third-order valence-corrected chi connectivity index (χ3v) is 4.01. The fourth-order valence-electron chi connectivity index (χ4n) is 2.27. The summed E-state index contributed by atoms with van der Waals surface area (Å²) in [5, 5.41) is 14.3. The fourth-order valence-corrected chi connectivity index (χ4v) is 2.27. The van der Waals surface area contributed by atoms with Crippen LogP contribution >= 0.6 is 0 Å². The van der Waals surface area contributed by atoms with E-state index in [1.54, 1.807) is 13.0 Å². The Labute approximate surface area is 108 Å². The van der Waals surface area contributed by atoms with E-state index >= 15 is 0 Å². The molecule has 0 aromatic heterocycles. The van der Waals surface area contributed by atoms with E-state index in [2.05, 4.69) is 12.2 Å². The molecule has 0 heterocycles. The summed E-state index contributed by atoms with van der Waals surface area (Å²) in [6, 6.07) is 5.45. The molecule has 18 heavy (non-hydrogen) atoms. The second-order valence-corrected chi connectivity index (χ2v) is 5.34. The quantitative estimate of drug-likeness (QED) is 0.621. The zero-order valence-corrected chi connectivity index (χ0v) is 11.0. The molecule has 4 nitrogen and oxygen atoms in total. The average molecular weight is 248 g/mol. The van der Waals surface area contributed by atoms with Gasteiger partial charge < -0.3 is 5.32 Å². The summed E-state index contributed by atoms with van der Waals surface area (Å²) in [4.78, 5) is 10.5. The van der Waals surface area contributed by atoms with Crippen molar-refractivity contribution in [1.82, 2.24) is 5.32 Å². The van der Waals surface area contributed by atoms with E-state index in [9.17, 15) is 10.1 Å². The van der Waals surface area contributed by atoms with Crippen LogP contribution in [0.25, 0.3) is 0 Å². The Morgan fingerprint density at radius 2 is 2.17 bits per heavy atom. The molecule has 1 N–H and O–H groups in total. The summed E-state index contributed by atoms with van der Waals surface area (Å²) in [5.74, 6) is 0. The minimum Gasteiger partial charge on any atom is -0.312 e. The van der Waals surface area contributed by atoms with E-state index in [1.165, 1.54) is 19.3 Å². The van der Waals surface area contributed by atoms with Crippen molar-refractivity contribution in [2.45, 2.75) is 39.7 Å². The summed E-state index contributed by atoms with van der Waals surface area (Å²) >= 11 is 0. The second-order valence-electron chi connectivity index (χ2n) is 5.34. The molecule has 4 heteroatoms. The normalized spacial score (nSPS) is 16.6. The van der Waals surface area contributed by atoms with Crippen molar-refractivity contribution >= 4 is 5.69 Å². The van der Waals surface area contributed by atoms with E-state index in [1.807, 2.05) is 12.1 Å². The van der Waals surface area contributed by atoms with Gasteiger partial charge in [-0.1, -0.05) is 19.1 Å². The summed E-state index contributed by atoms with van der Waals surface area (Å²) in [6.07, 6.45) is 3.84. The third-order valence-electron chi connectivity index (χ3n) is 4.01. The van der Waals surface area contributed by atoms with Crippen molar-refractivity contribution in [3.63, 3.8) is 0 Å². The zero-order valence-electron chi connectivity index (χ0n) is 11.0. The third kappa shape index (κ3) is 2.88. The standard InChI is InChI=1S/C14H20N2O2/c1-3-14(6-7-14)10-15-9-12-5-4-11(2)13(8-12)16(17)18/h4-5,8,15H,3,6-7,9-10H2,1-2H3. The Kier molecular flexibility index (Phi) is 3.66. The van der Waals surface area contributed by atoms with Gasteiger partial charge in [0.05, 0.1) is 4.92 Å². The van der Waals surface area contributed by atoms with Gasteiger partial charge in [-0.2, -0.15) is 0 Å². The topological polar surface area (TPSA) is 55.2 Å². The first-order valence-corrected chi connectivity index (χ1v) is 6.51. The lowest BCUT2D eigenvalue weighted by molar-refractivity contribution is -0.385. The maximum atomic E-state index is 10.8. The minimum atomic E-state index is -0.312. The average Bonchev–Trinajstić information content (AvgIpc) is 3.11. The lowest BCUT2D eigenvalue weighted by Crippen LogP contribution is -2.23. The monoisotopic (exact) mass is 248 g/mol. The number of nitrogens with zero attached hydrogens (tertiary/aromatic N) is 1. The van der Waals surface area contributed by atoms with Gasteiger partial charge in [0.1, 0.15) is 0 Å². The highest BCUT2D eigenvalue weighted by Crippen LogP contribution is 2.47. The molecular weight excluding hydrogens is 228 g/mol. The Balaban J connectivity index is 1.93. The summed E-state index contributed by atoms with van der Waals surface area (Å²) in [7, 11) is 0. The number of benzene rings is 1. The van der Waals surface area contributed by atoms with Crippen molar-refractivity contribution in [2.24, 2.45) is 5.41 Å². The molecule has 0 radical (unpaired) electrons. The first-order chi connectivity index (χ1) is 8.56. The van der Waals surface area contributed by atoms with Gasteiger partial charge in [-0.15, -0.1) is 0 Å². The molecule has 1 aliphatic rings. The van der Waals surface area contributed by atoms with Crippen molar-refractivity contribution in [1.29, 1.82) is 0 Å². The van der Waals surface area contributed by atoms with Crippen molar-refractivity contribution in [3.8, 4) is 0 Å². The maximum absolute atomic E-state index is 10.8. The Bertz CT molecular complexity index is 453. The summed E-state index contributed by atoms with van der Waals surface area (Å²) in [6.45, 7) is 5.73. The molecule has 0 spiro atoms. The van der Waals surface area contributed by atoms with Gasteiger partial charge in [0.15, 0.2) is 0 Å². The number of nitro benzene ring substituents is 1. The van der Waals surface area contributed by atoms with Crippen LogP contribution in [0.1, 0.15) is 37.3 Å². The van der Waals surface area contributed by atoms with Gasteiger partial charge in [-0.3, -0.25) is 10.1 Å². The molecule has 1 saturated carbocycles. The number of aryl methyl sites for hydroxylation is 1. The molecule has 0 aliphatic heterocycles. The SMILES string of the molecule is CCC1(CNCc2ccc(C)c([N+](=O)[O-])c2)CC1. The molecule has 1 aromatic carbocycles. The van der Waals surface area contributed by atoms with E-state index in [-0.39, 0.29) is 10.6 Å². The van der Waals surface area contributed by atoms with Crippen LogP contribution in [-0.2, 0) is 6.54 Å². The van der Waals surface area contributed by atoms with Crippen LogP contribution in [0, 0.1) is 22.5 Å². The van der Waals surface area contributed by atoms with Crippen LogP contribution in [0.3, 0.4) is 0 Å². The van der Waals surface area contributed by atoms with Crippen LogP contribution in [0.15, 0.2) is 18.2 Å². The highest BCUT2D eigenvalue weighted by molar-refractivity contribution is 5.42. The fraction of sp³-hybridized carbons (Fsp3) is 0.571. The van der Waals surface area contributed by atoms with Crippen molar-refractivity contribution in [3.05, 3.63) is 39.4 Å².